The van der Waals surface area contributed by atoms with E-state index in [4.69, 9.17) is 42.4 Å². The van der Waals surface area contributed by atoms with E-state index >= 15 is 0 Å². The smallest absolute Gasteiger partial charge is 0.412 e. The maximum atomic E-state index is 12.3. The molecule has 1 amide bonds. The number of methoxy groups -OCH3 is 2. The zero-order valence-electron chi connectivity index (χ0n) is 27.2. The number of benzene rings is 4. The topological polar surface area (TPSA) is 91.7 Å². The number of nitrogens with one attached hydrogen (secondary N) is 1. The Kier molecular flexibility index (Phi) is 10.6. The molecule has 5 rings (SSSR count). The second kappa shape index (κ2) is 14.8. The van der Waals surface area contributed by atoms with Crippen LogP contribution in [0.25, 0.3) is 34.5 Å². The van der Waals surface area contributed by atoms with E-state index in [-0.39, 0.29) is 0 Å². The fourth-order valence-corrected chi connectivity index (χ4v) is 5.48. The van der Waals surface area contributed by atoms with Crippen LogP contribution in [0.5, 0.6) is 5.75 Å². The number of esters is 1. The van der Waals surface area contributed by atoms with Crippen molar-refractivity contribution in [1.29, 1.82) is 0 Å². The van der Waals surface area contributed by atoms with Gasteiger partial charge in [-0.05, 0) is 91.6 Å². The Morgan fingerprint density at radius 1 is 0.896 bits per heavy atom. The SMILES string of the molecule is COC(=O)c1cccc(Cn2cc(-c3ccc(Cl)cc3Cl)nc2C=Cc2ccc(-c3ccc(NC(=O)OC(C)(C)C)c(OC)c3)cc2)c1. The third-order valence-corrected chi connectivity index (χ3v) is 7.77. The first-order valence-electron chi connectivity index (χ1n) is 15.1. The quantitative estimate of drug-likeness (QED) is 0.156. The molecule has 0 unspecified atom stereocenters. The zero-order valence-corrected chi connectivity index (χ0v) is 28.7. The Bertz CT molecular complexity index is 1980. The van der Waals surface area contributed by atoms with Crippen LogP contribution in [0.1, 0.15) is 48.1 Å². The summed E-state index contributed by atoms with van der Waals surface area (Å²) < 4.78 is 17.8. The molecule has 0 saturated heterocycles. The van der Waals surface area contributed by atoms with Crippen LogP contribution in [0, 0.1) is 0 Å². The Hall–Kier alpha value is -5.05. The van der Waals surface area contributed by atoms with Crippen LogP contribution in [0.15, 0.2) is 91.1 Å². The lowest BCUT2D eigenvalue weighted by molar-refractivity contribution is 0.0598. The highest BCUT2D eigenvalue weighted by Gasteiger charge is 2.18. The van der Waals surface area contributed by atoms with Crippen LogP contribution < -0.4 is 10.1 Å². The molecule has 0 aliphatic heterocycles. The summed E-state index contributed by atoms with van der Waals surface area (Å²) in [5, 5.41) is 3.79. The van der Waals surface area contributed by atoms with Crippen molar-refractivity contribution in [2.75, 3.05) is 19.5 Å². The summed E-state index contributed by atoms with van der Waals surface area (Å²) in [6, 6.07) is 26.2. The van der Waals surface area contributed by atoms with Gasteiger partial charge in [0.25, 0.3) is 0 Å². The number of carbonyl (C=O) groups excluding carboxylic acids is 2. The molecule has 0 fully saturated rings. The zero-order chi connectivity index (χ0) is 34.4. The first-order valence-corrected chi connectivity index (χ1v) is 15.8. The molecule has 8 nitrogen and oxygen atoms in total. The van der Waals surface area contributed by atoms with Crippen LogP contribution in [0.2, 0.25) is 10.0 Å². The normalized spacial score (nSPS) is 11.4. The number of anilines is 1. The van der Waals surface area contributed by atoms with E-state index in [0.29, 0.717) is 45.1 Å². The molecule has 0 bridgehead atoms. The van der Waals surface area contributed by atoms with Gasteiger partial charge in [0.1, 0.15) is 17.2 Å². The fourth-order valence-electron chi connectivity index (χ4n) is 4.97. The van der Waals surface area contributed by atoms with Crippen LogP contribution in [-0.2, 0) is 16.0 Å². The van der Waals surface area contributed by atoms with Crippen molar-refractivity contribution in [3.8, 4) is 28.1 Å². The molecule has 0 atom stereocenters. The van der Waals surface area contributed by atoms with Crippen molar-refractivity contribution in [3.05, 3.63) is 124 Å². The molecule has 4 aromatic carbocycles. The summed E-state index contributed by atoms with van der Waals surface area (Å²) in [4.78, 5) is 29.3. The second-order valence-corrected chi connectivity index (χ2v) is 12.8. The number of ether oxygens (including phenoxy) is 3. The van der Waals surface area contributed by atoms with Crippen LogP contribution in [0.3, 0.4) is 0 Å². The predicted molar refractivity (Wildman–Crippen MR) is 192 cm³/mol. The minimum Gasteiger partial charge on any atom is -0.495 e. The van der Waals surface area contributed by atoms with E-state index in [9.17, 15) is 9.59 Å². The molecule has 10 heteroatoms. The van der Waals surface area contributed by atoms with E-state index < -0.39 is 17.7 Å². The number of carbonyl (C=O) groups is 2. The number of rotatable bonds is 9. The van der Waals surface area contributed by atoms with Gasteiger partial charge in [0, 0.05) is 23.3 Å². The maximum Gasteiger partial charge on any atom is 0.412 e. The summed E-state index contributed by atoms with van der Waals surface area (Å²) in [7, 11) is 2.92. The molecule has 0 spiro atoms. The van der Waals surface area contributed by atoms with Crippen LogP contribution in [0.4, 0.5) is 10.5 Å². The molecule has 48 heavy (non-hydrogen) atoms. The first kappa shape index (κ1) is 34.3. The molecule has 246 valence electrons. The number of hydrogen-bond acceptors (Lipinski definition) is 6. The summed E-state index contributed by atoms with van der Waals surface area (Å²) in [6.07, 6.45) is 5.29. The fraction of sp³-hybridized carbons (Fsp3) is 0.184. The standard InChI is InChI=1S/C38H35Cl2N3O5/c1-38(2,3)48-37(45)42-32-17-14-27(20-34(32)46-4)26-12-9-24(10-13-26)11-18-35-41-33(30-16-15-29(39)21-31(30)40)23-43(35)22-25-7-6-8-28(19-25)36(44)47-5/h6-21,23H,22H2,1-5H3,(H,42,45). The van der Waals surface area contributed by atoms with Crippen molar-refractivity contribution < 1.29 is 23.8 Å². The minimum absolute atomic E-state index is 0.397. The lowest BCUT2D eigenvalue weighted by Gasteiger charge is -2.20. The third kappa shape index (κ3) is 8.64. The molecular formula is C38H35Cl2N3O5. The molecule has 5 aromatic rings. The van der Waals surface area contributed by atoms with Gasteiger partial charge in [-0.1, -0.05) is 71.7 Å². The van der Waals surface area contributed by atoms with Crippen LogP contribution in [-0.4, -0.2) is 41.4 Å². The molecule has 1 N–H and O–H groups in total. The Morgan fingerprint density at radius 2 is 1.65 bits per heavy atom. The van der Waals surface area contributed by atoms with Gasteiger partial charge in [-0.3, -0.25) is 5.32 Å². The number of amides is 1. The molecule has 0 saturated carbocycles. The van der Waals surface area contributed by atoms with E-state index in [0.717, 1.165) is 27.8 Å². The first-order chi connectivity index (χ1) is 22.9. The van der Waals surface area contributed by atoms with Gasteiger partial charge in [-0.25, -0.2) is 14.6 Å². The van der Waals surface area contributed by atoms with E-state index in [2.05, 4.69) is 5.32 Å². The Balaban J connectivity index is 1.40. The van der Waals surface area contributed by atoms with Gasteiger partial charge >= 0.3 is 12.1 Å². The molecule has 0 aliphatic rings. The third-order valence-electron chi connectivity index (χ3n) is 7.22. The lowest BCUT2D eigenvalue weighted by Crippen LogP contribution is -2.27. The van der Waals surface area contributed by atoms with Crippen molar-refractivity contribution in [1.82, 2.24) is 9.55 Å². The highest BCUT2D eigenvalue weighted by molar-refractivity contribution is 6.36. The van der Waals surface area contributed by atoms with Crippen molar-refractivity contribution in [3.63, 3.8) is 0 Å². The number of hydrogen-bond donors (Lipinski definition) is 1. The van der Waals surface area contributed by atoms with E-state index in [1.54, 1.807) is 31.4 Å². The molecule has 0 aliphatic carbocycles. The minimum atomic E-state index is -0.614. The maximum absolute atomic E-state index is 12.3. The Morgan fingerprint density at radius 3 is 2.33 bits per heavy atom. The van der Waals surface area contributed by atoms with Crippen molar-refractivity contribution in [2.45, 2.75) is 32.9 Å². The summed E-state index contributed by atoms with van der Waals surface area (Å²) in [5.41, 5.74) is 5.58. The second-order valence-electron chi connectivity index (χ2n) is 11.9. The van der Waals surface area contributed by atoms with Gasteiger partial charge < -0.3 is 18.8 Å². The number of imidazole rings is 1. The summed E-state index contributed by atoms with van der Waals surface area (Å²) >= 11 is 12.7. The van der Waals surface area contributed by atoms with E-state index in [1.807, 2.05) is 104 Å². The largest absolute Gasteiger partial charge is 0.495 e. The summed E-state index contributed by atoms with van der Waals surface area (Å²) in [6.45, 7) is 5.88. The number of nitrogens with zero attached hydrogens (tertiary/aromatic N) is 2. The lowest BCUT2D eigenvalue weighted by atomic mass is 10.0. The van der Waals surface area contributed by atoms with Gasteiger partial charge in [-0.2, -0.15) is 0 Å². The molecule has 1 aromatic heterocycles. The highest BCUT2D eigenvalue weighted by atomic mass is 35.5. The van der Waals surface area contributed by atoms with Crippen LogP contribution >= 0.6 is 23.2 Å². The van der Waals surface area contributed by atoms with Gasteiger partial charge in [-0.15, -0.1) is 0 Å². The van der Waals surface area contributed by atoms with Crippen molar-refractivity contribution >= 4 is 53.1 Å². The average Bonchev–Trinajstić information content (AvgIpc) is 3.44. The monoisotopic (exact) mass is 683 g/mol. The van der Waals surface area contributed by atoms with Gasteiger partial charge in [0.05, 0.1) is 36.2 Å². The number of halogens is 2. The molecule has 0 radical (unpaired) electrons. The van der Waals surface area contributed by atoms with E-state index in [1.165, 1.54) is 7.11 Å². The highest BCUT2D eigenvalue weighted by Crippen LogP contribution is 2.33. The van der Waals surface area contributed by atoms with Gasteiger partial charge in [0.2, 0.25) is 0 Å². The number of aromatic nitrogens is 2. The van der Waals surface area contributed by atoms with Gasteiger partial charge in [0.15, 0.2) is 0 Å². The predicted octanol–water partition coefficient (Wildman–Crippen LogP) is 9.88. The van der Waals surface area contributed by atoms with Crippen molar-refractivity contribution in [2.24, 2.45) is 0 Å². The summed E-state index contributed by atoms with van der Waals surface area (Å²) in [5.74, 6) is 0.816. The molecule has 1 heterocycles. The average molecular weight is 685 g/mol. The Labute approximate surface area is 289 Å². The molecular weight excluding hydrogens is 649 g/mol.